The van der Waals surface area contributed by atoms with Crippen LogP contribution in [0.15, 0.2) is 102 Å². The van der Waals surface area contributed by atoms with E-state index in [4.69, 9.17) is 37.4 Å². The van der Waals surface area contributed by atoms with Crippen LogP contribution in [0.1, 0.15) is 15.9 Å². The van der Waals surface area contributed by atoms with Gasteiger partial charge in [0, 0.05) is 10.0 Å². The predicted molar refractivity (Wildman–Crippen MR) is 141 cm³/mol. The van der Waals surface area contributed by atoms with Crippen LogP contribution in [-0.4, -0.2) is 24.4 Å². The number of carbonyl (C=O) groups is 2. The summed E-state index contributed by atoms with van der Waals surface area (Å²) in [5, 5.41) is 4.96. The molecule has 0 saturated heterocycles. The number of nitrogens with zero attached hydrogens (tertiary/aromatic N) is 1. The van der Waals surface area contributed by atoms with Crippen LogP contribution in [0.5, 0.6) is 17.2 Å². The van der Waals surface area contributed by atoms with Crippen molar-refractivity contribution in [2.24, 2.45) is 5.10 Å². The van der Waals surface area contributed by atoms with E-state index in [1.165, 1.54) is 36.5 Å². The third-order valence-electron chi connectivity index (χ3n) is 4.90. The van der Waals surface area contributed by atoms with Gasteiger partial charge in [0.2, 0.25) is 0 Å². The Morgan fingerprint density at radius 2 is 1.29 bits per heavy atom. The van der Waals surface area contributed by atoms with Crippen LogP contribution in [0.4, 0.5) is 4.39 Å². The van der Waals surface area contributed by atoms with E-state index in [2.05, 4.69) is 10.5 Å². The van der Waals surface area contributed by atoms with Gasteiger partial charge < -0.3 is 14.2 Å². The fourth-order valence-electron chi connectivity index (χ4n) is 3.04. The number of amides is 1. The maximum Gasteiger partial charge on any atom is 0.346 e. The minimum atomic E-state index is -1.38. The molecule has 38 heavy (non-hydrogen) atoms. The number of hydrogen-bond acceptors (Lipinski definition) is 6. The Labute approximate surface area is 227 Å². The summed E-state index contributed by atoms with van der Waals surface area (Å²) in [6.45, 7) is 0. The zero-order valence-corrected chi connectivity index (χ0v) is 21.0. The Morgan fingerprint density at radius 1 is 0.763 bits per heavy atom. The van der Waals surface area contributed by atoms with Crippen LogP contribution in [0.3, 0.4) is 0 Å². The number of hydrazone groups is 1. The number of esters is 1. The molecule has 4 rings (SSSR count). The van der Waals surface area contributed by atoms with E-state index >= 15 is 0 Å². The molecule has 192 valence electrons. The molecule has 0 aliphatic heterocycles. The number of rotatable bonds is 9. The van der Waals surface area contributed by atoms with Crippen molar-refractivity contribution in [2.75, 3.05) is 0 Å². The van der Waals surface area contributed by atoms with Crippen LogP contribution in [0, 0.1) is 5.82 Å². The van der Waals surface area contributed by atoms with Crippen molar-refractivity contribution >= 4 is 41.3 Å². The fraction of sp³-hybridized carbons (Fsp3) is 0.0357. The fourth-order valence-corrected chi connectivity index (χ4v) is 3.29. The summed E-state index contributed by atoms with van der Waals surface area (Å²) < 4.78 is 30.3. The second kappa shape index (κ2) is 12.7. The molecule has 1 amide bonds. The molecule has 10 heteroatoms. The first-order chi connectivity index (χ1) is 18.4. The van der Waals surface area contributed by atoms with Crippen molar-refractivity contribution in [3.63, 3.8) is 0 Å². The second-order valence-electron chi connectivity index (χ2n) is 7.65. The van der Waals surface area contributed by atoms with Crippen LogP contribution < -0.4 is 19.6 Å². The minimum absolute atomic E-state index is 0.169. The van der Waals surface area contributed by atoms with Gasteiger partial charge in [0.15, 0.2) is 0 Å². The Hall–Kier alpha value is -4.40. The monoisotopic (exact) mass is 552 g/mol. The Bertz CT molecular complexity index is 1380. The zero-order chi connectivity index (χ0) is 26.9. The van der Waals surface area contributed by atoms with Gasteiger partial charge in [-0.2, -0.15) is 5.10 Å². The number of carbonyl (C=O) groups excluding carboxylic acids is 2. The molecular weight excluding hydrogens is 534 g/mol. The topological polar surface area (TPSA) is 86.2 Å². The van der Waals surface area contributed by atoms with Crippen LogP contribution in [0.2, 0.25) is 10.0 Å². The zero-order valence-electron chi connectivity index (χ0n) is 19.5. The van der Waals surface area contributed by atoms with E-state index in [1.54, 1.807) is 66.7 Å². The number of halogens is 3. The highest BCUT2D eigenvalue weighted by atomic mass is 35.5. The van der Waals surface area contributed by atoms with E-state index in [0.717, 1.165) is 0 Å². The van der Waals surface area contributed by atoms with Gasteiger partial charge in [-0.15, -0.1) is 0 Å². The van der Waals surface area contributed by atoms with Gasteiger partial charge in [0.25, 0.3) is 0 Å². The van der Waals surface area contributed by atoms with E-state index < -0.39 is 24.0 Å². The lowest BCUT2D eigenvalue weighted by atomic mass is 10.2. The van der Waals surface area contributed by atoms with Crippen LogP contribution in [-0.2, 0) is 4.79 Å². The van der Waals surface area contributed by atoms with Gasteiger partial charge in [0.05, 0.1) is 11.8 Å². The molecule has 0 aliphatic carbocycles. The molecule has 0 fully saturated rings. The lowest BCUT2D eigenvalue weighted by Crippen LogP contribution is -2.40. The Kier molecular flexibility index (Phi) is 8.92. The average Bonchev–Trinajstić information content (AvgIpc) is 2.92. The first kappa shape index (κ1) is 26.7. The summed E-state index contributed by atoms with van der Waals surface area (Å²) in [4.78, 5) is 25.0. The van der Waals surface area contributed by atoms with Gasteiger partial charge in [-0.3, -0.25) is 4.79 Å². The summed E-state index contributed by atoms with van der Waals surface area (Å²) in [7, 11) is 0. The minimum Gasteiger partial charge on any atom is -0.446 e. The van der Waals surface area contributed by atoms with Gasteiger partial charge in [-0.1, -0.05) is 35.3 Å². The largest absolute Gasteiger partial charge is 0.446 e. The summed E-state index contributed by atoms with van der Waals surface area (Å²) >= 11 is 11.8. The van der Waals surface area contributed by atoms with E-state index in [-0.39, 0.29) is 11.3 Å². The highest BCUT2D eigenvalue weighted by Gasteiger charge is 2.23. The van der Waals surface area contributed by atoms with Gasteiger partial charge in [-0.05, 0) is 90.5 Å². The summed E-state index contributed by atoms with van der Waals surface area (Å²) in [5.74, 6) is -1.24. The number of ether oxygens (including phenoxy) is 3. The molecule has 0 aliphatic rings. The molecule has 0 spiro atoms. The van der Waals surface area contributed by atoms with E-state index in [9.17, 15) is 14.0 Å². The van der Waals surface area contributed by atoms with Crippen molar-refractivity contribution in [1.82, 2.24) is 5.43 Å². The first-order valence-corrected chi connectivity index (χ1v) is 11.9. The molecule has 0 heterocycles. The third kappa shape index (κ3) is 7.55. The Morgan fingerprint density at radius 3 is 1.84 bits per heavy atom. The van der Waals surface area contributed by atoms with E-state index in [1.807, 2.05) is 0 Å². The molecule has 0 saturated carbocycles. The molecule has 0 atom stereocenters. The molecule has 1 N–H and O–H groups in total. The van der Waals surface area contributed by atoms with Gasteiger partial charge in [0.1, 0.15) is 23.1 Å². The van der Waals surface area contributed by atoms with Crippen molar-refractivity contribution in [1.29, 1.82) is 0 Å². The maximum absolute atomic E-state index is 13.8. The molecule has 0 unspecified atom stereocenters. The maximum atomic E-state index is 13.8. The van der Waals surface area contributed by atoms with Crippen molar-refractivity contribution in [3.05, 3.63) is 124 Å². The molecule has 4 aromatic carbocycles. The summed E-state index contributed by atoms with van der Waals surface area (Å²) in [5.41, 5.74) is 2.79. The SMILES string of the molecule is O=C(Oc1ccc(/C=N/NC(=O)C(Oc2ccc(Cl)cc2)Oc2ccc(Cl)cc2)cc1)c1ccccc1F. The summed E-state index contributed by atoms with van der Waals surface area (Å²) in [6, 6.07) is 24.6. The lowest BCUT2D eigenvalue weighted by molar-refractivity contribution is -0.140. The van der Waals surface area contributed by atoms with Gasteiger partial charge in [-0.25, -0.2) is 14.6 Å². The standard InChI is InChI=1S/C28H19Cl2FN2O5/c29-19-7-13-22(14-8-19)37-28(38-23-15-9-20(30)10-16-23)26(34)33-32-17-18-5-11-21(12-6-18)36-27(35)24-3-1-2-4-25(24)31/h1-17,28H,(H,33,34)/b32-17+. The molecular formula is C28H19Cl2FN2O5. The van der Waals surface area contributed by atoms with Crippen LogP contribution >= 0.6 is 23.2 Å². The number of benzene rings is 4. The van der Waals surface area contributed by atoms with Crippen molar-refractivity contribution < 1.29 is 28.2 Å². The molecule has 0 radical (unpaired) electrons. The smallest absolute Gasteiger partial charge is 0.346 e. The third-order valence-corrected chi connectivity index (χ3v) is 5.40. The predicted octanol–water partition coefficient (Wildman–Crippen LogP) is 6.29. The Balaban J connectivity index is 1.38. The summed E-state index contributed by atoms with van der Waals surface area (Å²) in [6.07, 6.45) is -0.00294. The quantitative estimate of drug-likeness (QED) is 0.0867. The molecule has 4 aromatic rings. The second-order valence-corrected chi connectivity index (χ2v) is 8.52. The van der Waals surface area contributed by atoms with E-state index in [0.29, 0.717) is 27.1 Å². The lowest BCUT2D eigenvalue weighted by Gasteiger charge is -2.19. The van der Waals surface area contributed by atoms with Crippen LogP contribution in [0.25, 0.3) is 0 Å². The highest BCUT2D eigenvalue weighted by molar-refractivity contribution is 6.30. The normalized spacial score (nSPS) is 10.8. The molecule has 7 nitrogen and oxygen atoms in total. The number of nitrogens with one attached hydrogen (secondary N) is 1. The molecule has 0 bridgehead atoms. The first-order valence-electron chi connectivity index (χ1n) is 11.1. The van der Waals surface area contributed by atoms with Gasteiger partial charge >= 0.3 is 18.2 Å². The molecule has 0 aromatic heterocycles. The highest BCUT2D eigenvalue weighted by Crippen LogP contribution is 2.21. The number of hydrogen-bond donors (Lipinski definition) is 1. The van der Waals surface area contributed by atoms with Crippen molar-refractivity contribution in [2.45, 2.75) is 6.29 Å². The van der Waals surface area contributed by atoms with Crippen molar-refractivity contribution in [3.8, 4) is 17.2 Å². The average molecular weight is 553 g/mol.